The molecule has 9 heteroatoms. The second-order valence-corrected chi connectivity index (χ2v) is 8.83. The van der Waals surface area contributed by atoms with Gasteiger partial charge in [0.15, 0.2) is 6.61 Å². The zero-order chi connectivity index (χ0) is 20.1. The lowest BCUT2D eigenvalue weighted by molar-refractivity contribution is -0.134. The van der Waals surface area contributed by atoms with Crippen molar-refractivity contribution in [2.45, 2.75) is 18.1 Å². The van der Waals surface area contributed by atoms with Crippen LogP contribution in [0.2, 0.25) is 5.02 Å². The van der Waals surface area contributed by atoms with Crippen LogP contribution in [0, 0.1) is 5.82 Å². The highest BCUT2D eigenvalue weighted by molar-refractivity contribution is 7.93. The van der Waals surface area contributed by atoms with E-state index in [1.165, 1.54) is 12.1 Å². The van der Waals surface area contributed by atoms with Gasteiger partial charge in [-0.05, 0) is 37.1 Å². The summed E-state index contributed by atoms with van der Waals surface area (Å²) in [6.45, 7) is 0.432. The fourth-order valence-electron chi connectivity index (χ4n) is 2.97. The maximum atomic E-state index is 13.1. The highest BCUT2D eigenvalue weighted by atomic mass is 35.5. The third-order valence-electron chi connectivity index (χ3n) is 4.52. The van der Waals surface area contributed by atoms with Crippen LogP contribution in [0.4, 0.5) is 10.1 Å². The number of amides is 1. The number of halogens is 2. The number of rotatable bonds is 6. The summed E-state index contributed by atoms with van der Waals surface area (Å²) in [5.41, 5.74) is 0.521. The van der Waals surface area contributed by atoms with Crippen LogP contribution in [-0.4, -0.2) is 44.2 Å². The van der Waals surface area contributed by atoms with Crippen molar-refractivity contribution in [1.29, 1.82) is 0 Å². The smallest absolute Gasteiger partial charge is 0.260 e. The Morgan fingerprint density at radius 2 is 1.86 bits per heavy atom. The molecule has 0 radical (unpaired) electrons. The number of hydrogen-bond donors (Lipinski definition) is 1. The van der Waals surface area contributed by atoms with E-state index >= 15 is 0 Å². The van der Waals surface area contributed by atoms with Crippen molar-refractivity contribution in [3.8, 4) is 5.75 Å². The number of carbonyl (C=O) groups excluding carboxylic acids is 1. The molecule has 1 amide bonds. The van der Waals surface area contributed by atoms with E-state index in [0.29, 0.717) is 37.4 Å². The van der Waals surface area contributed by atoms with Crippen LogP contribution in [0.1, 0.15) is 12.8 Å². The minimum atomic E-state index is -3.52. The number of ether oxygens (including phenoxy) is 1. The van der Waals surface area contributed by atoms with Gasteiger partial charge in [0.25, 0.3) is 5.91 Å². The Morgan fingerprint density at radius 1 is 1.18 bits per heavy atom. The van der Waals surface area contributed by atoms with Gasteiger partial charge in [-0.15, -0.1) is 0 Å². The molecule has 3 rings (SSSR count). The Hall–Kier alpha value is -2.32. The molecule has 0 atom stereocenters. The van der Waals surface area contributed by atoms with Crippen molar-refractivity contribution >= 4 is 33.2 Å². The van der Waals surface area contributed by atoms with E-state index in [4.69, 9.17) is 16.3 Å². The van der Waals surface area contributed by atoms with E-state index in [2.05, 4.69) is 4.72 Å². The van der Waals surface area contributed by atoms with E-state index < -0.39 is 21.1 Å². The second-order valence-electron chi connectivity index (χ2n) is 6.46. The summed E-state index contributed by atoms with van der Waals surface area (Å²) in [4.78, 5) is 13.9. The number of anilines is 1. The van der Waals surface area contributed by atoms with Crippen LogP contribution < -0.4 is 9.46 Å². The van der Waals surface area contributed by atoms with Crippen molar-refractivity contribution in [1.82, 2.24) is 4.90 Å². The van der Waals surface area contributed by atoms with Gasteiger partial charge in [-0.2, -0.15) is 0 Å². The summed E-state index contributed by atoms with van der Waals surface area (Å²) in [5, 5.41) is -0.643. The molecule has 1 heterocycles. The van der Waals surface area contributed by atoms with Gasteiger partial charge in [-0.1, -0.05) is 29.8 Å². The molecule has 0 aliphatic carbocycles. The number of hydrogen-bond acceptors (Lipinski definition) is 4. The third-order valence-corrected chi connectivity index (χ3v) is 6.68. The predicted octanol–water partition coefficient (Wildman–Crippen LogP) is 3.29. The molecule has 28 heavy (non-hydrogen) atoms. The lowest BCUT2D eigenvalue weighted by Crippen LogP contribution is -2.45. The first-order valence-corrected chi connectivity index (χ1v) is 10.7. The number of nitrogens with zero attached hydrogens (tertiary/aromatic N) is 1. The van der Waals surface area contributed by atoms with Gasteiger partial charge < -0.3 is 9.64 Å². The quantitative estimate of drug-likeness (QED) is 0.769. The molecule has 1 aliphatic rings. The molecule has 2 aromatic carbocycles. The Bertz CT molecular complexity index is 932. The van der Waals surface area contributed by atoms with Gasteiger partial charge in [-0.3, -0.25) is 9.52 Å². The molecule has 0 aromatic heterocycles. The van der Waals surface area contributed by atoms with Gasteiger partial charge in [0.2, 0.25) is 10.0 Å². The Kier molecular flexibility index (Phi) is 6.41. The van der Waals surface area contributed by atoms with E-state index in [1.807, 2.05) is 6.07 Å². The summed E-state index contributed by atoms with van der Waals surface area (Å²) < 4.78 is 46.1. The Labute approximate surface area is 168 Å². The van der Waals surface area contributed by atoms with Crippen LogP contribution >= 0.6 is 11.6 Å². The van der Waals surface area contributed by atoms with Crippen molar-refractivity contribution in [2.75, 3.05) is 24.4 Å². The summed E-state index contributed by atoms with van der Waals surface area (Å²) in [7, 11) is -3.52. The summed E-state index contributed by atoms with van der Waals surface area (Å²) >= 11 is 5.68. The molecule has 2 aromatic rings. The van der Waals surface area contributed by atoms with Crippen molar-refractivity contribution in [3.05, 3.63) is 59.4 Å². The first-order chi connectivity index (χ1) is 13.3. The fraction of sp³-hybridized carbons (Fsp3) is 0.316. The van der Waals surface area contributed by atoms with Crippen molar-refractivity contribution in [2.24, 2.45) is 0 Å². The molecule has 6 nitrogen and oxygen atoms in total. The molecular weight excluding hydrogens is 407 g/mol. The first kappa shape index (κ1) is 20.4. The Morgan fingerprint density at radius 3 is 2.50 bits per heavy atom. The number of piperidine rings is 1. The van der Waals surface area contributed by atoms with E-state index in [-0.39, 0.29) is 17.5 Å². The van der Waals surface area contributed by atoms with Gasteiger partial charge in [-0.25, -0.2) is 12.8 Å². The SMILES string of the molecule is O=C(COc1ccc(F)c(Cl)c1)N1CCC(S(=O)(=O)Nc2ccccc2)CC1. The molecular formula is C19H20ClFN2O4S. The minimum Gasteiger partial charge on any atom is -0.484 e. The Balaban J connectivity index is 1.50. The molecule has 0 spiro atoms. The van der Waals surface area contributed by atoms with Gasteiger partial charge in [0.05, 0.1) is 10.3 Å². The number of nitrogens with one attached hydrogen (secondary N) is 1. The molecule has 1 aliphatic heterocycles. The number of para-hydroxylation sites is 1. The van der Waals surface area contributed by atoms with Crippen LogP contribution in [0.15, 0.2) is 48.5 Å². The zero-order valence-electron chi connectivity index (χ0n) is 15.0. The van der Waals surface area contributed by atoms with Gasteiger partial charge in [0.1, 0.15) is 11.6 Å². The summed E-state index contributed by atoms with van der Waals surface area (Å²) in [5.74, 6) is -0.524. The highest BCUT2D eigenvalue weighted by Crippen LogP contribution is 2.23. The maximum Gasteiger partial charge on any atom is 0.260 e. The molecule has 0 unspecified atom stereocenters. The summed E-state index contributed by atoms with van der Waals surface area (Å²) in [6.07, 6.45) is 0.687. The largest absolute Gasteiger partial charge is 0.484 e. The number of carbonyl (C=O) groups is 1. The molecule has 1 saturated heterocycles. The van der Waals surface area contributed by atoms with Crippen molar-refractivity contribution < 1.29 is 22.3 Å². The van der Waals surface area contributed by atoms with Crippen LogP contribution in [0.3, 0.4) is 0 Å². The lowest BCUT2D eigenvalue weighted by atomic mass is 10.1. The van der Waals surface area contributed by atoms with E-state index in [0.717, 1.165) is 6.07 Å². The van der Waals surface area contributed by atoms with Crippen LogP contribution in [0.25, 0.3) is 0 Å². The van der Waals surface area contributed by atoms with Crippen LogP contribution in [-0.2, 0) is 14.8 Å². The van der Waals surface area contributed by atoms with Gasteiger partial charge >= 0.3 is 0 Å². The van der Waals surface area contributed by atoms with Gasteiger partial charge in [0, 0.05) is 24.8 Å². The number of likely N-dealkylation sites (tertiary alicyclic amines) is 1. The van der Waals surface area contributed by atoms with E-state index in [9.17, 15) is 17.6 Å². The molecule has 150 valence electrons. The second kappa shape index (κ2) is 8.79. The summed E-state index contributed by atoms with van der Waals surface area (Å²) in [6, 6.07) is 12.6. The zero-order valence-corrected chi connectivity index (χ0v) is 16.5. The molecule has 1 fully saturated rings. The maximum absolute atomic E-state index is 13.1. The molecule has 1 N–H and O–H groups in total. The minimum absolute atomic E-state index is 0.0816. The number of sulfonamides is 1. The topological polar surface area (TPSA) is 75.7 Å². The standard InChI is InChI=1S/C19H20ClFN2O4S/c20-17-12-15(6-7-18(17)21)27-13-19(24)23-10-8-16(9-11-23)28(25,26)22-14-4-2-1-3-5-14/h1-7,12,16,22H,8-11,13H2. The van der Waals surface area contributed by atoms with Crippen molar-refractivity contribution in [3.63, 3.8) is 0 Å². The first-order valence-electron chi connectivity index (χ1n) is 8.77. The molecule has 0 saturated carbocycles. The average molecular weight is 427 g/mol. The predicted molar refractivity (Wildman–Crippen MR) is 105 cm³/mol. The van der Waals surface area contributed by atoms with E-state index in [1.54, 1.807) is 29.2 Å². The lowest BCUT2D eigenvalue weighted by Gasteiger charge is -2.31. The highest BCUT2D eigenvalue weighted by Gasteiger charge is 2.31. The molecule has 0 bridgehead atoms. The van der Waals surface area contributed by atoms with Crippen LogP contribution in [0.5, 0.6) is 5.75 Å². The third kappa shape index (κ3) is 5.14. The normalized spacial score (nSPS) is 15.3. The fourth-order valence-corrected chi connectivity index (χ4v) is 4.61. The monoisotopic (exact) mass is 426 g/mol. The number of benzene rings is 2. The average Bonchev–Trinajstić information content (AvgIpc) is 2.69.